The van der Waals surface area contributed by atoms with E-state index in [0.29, 0.717) is 5.92 Å². The van der Waals surface area contributed by atoms with Crippen LogP contribution >= 0.6 is 0 Å². The van der Waals surface area contributed by atoms with Gasteiger partial charge in [0.2, 0.25) is 15.9 Å². The summed E-state index contributed by atoms with van der Waals surface area (Å²) in [5.74, 6) is 0.525. The number of carbonyl (C=O) groups excluding carboxylic acids is 1. The molecule has 0 radical (unpaired) electrons. The highest BCUT2D eigenvalue weighted by atomic mass is 32.2. The zero-order valence-corrected chi connectivity index (χ0v) is 12.8. The normalized spacial score (nSPS) is 18.0. The predicted octanol–water partition coefficient (Wildman–Crippen LogP) is 0.153. The Labute approximate surface area is 115 Å². The number of amides is 1. The van der Waals surface area contributed by atoms with Crippen molar-refractivity contribution in [3.8, 4) is 0 Å². The van der Waals surface area contributed by atoms with Crippen molar-refractivity contribution in [2.45, 2.75) is 19.8 Å². The van der Waals surface area contributed by atoms with Crippen molar-refractivity contribution < 1.29 is 17.9 Å². The first kappa shape index (κ1) is 16.4. The quantitative estimate of drug-likeness (QED) is 0.699. The van der Waals surface area contributed by atoms with Crippen LogP contribution in [0.25, 0.3) is 0 Å². The van der Waals surface area contributed by atoms with Gasteiger partial charge in [0, 0.05) is 26.7 Å². The van der Waals surface area contributed by atoms with Gasteiger partial charge in [-0.15, -0.1) is 0 Å². The number of carbonyl (C=O) groups is 1. The van der Waals surface area contributed by atoms with Gasteiger partial charge in [0.1, 0.15) is 0 Å². The van der Waals surface area contributed by atoms with E-state index in [2.05, 4.69) is 6.92 Å². The van der Waals surface area contributed by atoms with Crippen molar-refractivity contribution in [3.05, 3.63) is 0 Å². The van der Waals surface area contributed by atoms with Crippen molar-refractivity contribution in [2.24, 2.45) is 5.92 Å². The smallest absolute Gasteiger partial charge is 0.237 e. The minimum atomic E-state index is -3.38. The number of methoxy groups -OCH3 is 1. The molecule has 0 saturated carbocycles. The molecule has 112 valence electrons. The molecule has 1 heterocycles. The Morgan fingerprint density at radius 1 is 1.37 bits per heavy atom. The van der Waals surface area contributed by atoms with E-state index >= 15 is 0 Å². The van der Waals surface area contributed by atoms with Crippen molar-refractivity contribution >= 4 is 15.9 Å². The van der Waals surface area contributed by atoms with Crippen molar-refractivity contribution in [2.75, 3.05) is 46.2 Å². The van der Waals surface area contributed by atoms with Crippen LogP contribution in [-0.2, 0) is 19.6 Å². The molecule has 0 aromatic rings. The number of nitrogens with zero attached hydrogens (tertiary/aromatic N) is 2. The van der Waals surface area contributed by atoms with Gasteiger partial charge in [-0.25, -0.2) is 8.42 Å². The lowest BCUT2D eigenvalue weighted by molar-refractivity contribution is -0.132. The number of hydrogen-bond acceptors (Lipinski definition) is 4. The molecule has 1 rings (SSSR count). The second-order valence-electron chi connectivity index (χ2n) is 5.15. The van der Waals surface area contributed by atoms with Gasteiger partial charge < -0.3 is 9.64 Å². The number of hydrogen-bond donors (Lipinski definition) is 0. The molecule has 1 fully saturated rings. The minimum Gasteiger partial charge on any atom is -0.383 e. The Balaban J connectivity index is 2.56. The van der Waals surface area contributed by atoms with Crippen molar-refractivity contribution in [3.63, 3.8) is 0 Å². The maximum Gasteiger partial charge on any atom is 0.237 e. The third-order valence-electron chi connectivity index (χ3n) is 3.46. The van der Waals surface area contributed by atoms with E-state index < -0.39 is 10.0 Å². The van der Waals surface area contributed by atoms with Gasteiger partial charge in [-0.2, -0.15) is 4.31 Å². The highest BCUT2D eigenvalue weighted by Crippen LogP contribution is 2.16. The zero-order chi connectivity index (χ0) is 14.5. The number of likely N-dealkylation sites (tertiary alicyclic amines) is 1. The fourth-order valence-corrected chi connectivity index (χ4v) is 2.82. The van der Waals surface area contributed by atoms with Crippen LogP contribution in [0.15, 0.2) is 0 Å². The van der Waals surface area contributed by atoms with Crippen LogP contribution in [0.2, 0.25) is 0 Å². The summed E-state index contributed by atoms with van der Waals surface area (Å²) in [6.45, 7) is 4.03. The van der Waals surface area contributed by atoms with E-state index in [4.69, 9.17) is 4.74 Å². The summed E-state index contributed by atoms with van der Waals surface area (Å²) in [7, 11) is -1.87. The van der Waals surface area contributed by atoms with E-state index in [1.165, 1.54) is 11.4 Å². The summed E-state index contributed by atoms with van der Waals surface area (Å²) in [6.07, 6.45) is 3.10. The number of ether oxygens (including phenoxy) is 1. The fraction of sp³-hybridized carbons (Fsp3) is 0.917. The molecule has 7 heteroatoms. The average Bonchev–Trinajstić information content (AvgIpc) is 2.33. The second kappa shape index (κ2) is 7.21. The number of sulfonamides is 1. The SMILES string of the molecule is COCCN(CC(=O)N1CCC(C)CC1)S(C)(=O)=O. The molecule has 0 unspecified atom stereocenters. The summed E-state index contributed by atoms with van der Waals surface area (Å²) in [5.41, 5.74) is 0. The first-order valence-electron chi connectivity index (χ1n) is 6.56. The zero-order valence-electron chi connectivity index (χ0n) is 12.0. The van der Waals surface area contributed by atoms with Gasteiger partial charge in [-0.1, -0.05) is 6.92 Å². The molecule has 0 aromatic carbocycles. The minimum absolute atomic E-state index is 0.0867. The van der Waals surface area contributed by atoms with E-state index in [9.17, 15) is 13.2 Å². The average molecular weight is 292 g/mol. The molecule has 1 amide bonds. The lowest BCUT2D eigenvalue weighted by Gasteiger charge is -2.31. The van der Waals surface area contributed by atoms with Crippen molar-refractivity contribution in [1.29, 1.82) is 0 Å². The first-order chi connectivity index (χ1) is 8.84. The van der Waals surface area contributed by atoms with E-state index in [1.807, 2.05) is 0 Å². The molecular formula is C12H24N2O4S. The maximum absolute atomic E-state index is 12.1. The van der Waals surface area contributed by atoms with Gasteiger partial charge in [-0.05, 0) is 18.8 Å². The molecule has 19 heavy (non-hydrogen) atoms. The van der Waals surface area contributed by atoms with Gasteiger partial charge in [0.05, 0.1) is 19.4 Å². The summed E-state index contributed by atoms with van der Waals surface area (Å²) in [4.78, 5) is 13.9. The molecule has 0 spiro atoms. The van der Waals surface area contributed by atoms with E-state index in [0.717, 1.165) is 32.2 Å². The Kier molecular flexibility index (Phi) is 6.22. The molecule has 0 aliphatic carbocycles. The van der Waals surface area contributed by atoms with Crippen LogP contribution in [0.3, 0.4) is 0 Å². The van der Waals surface area contributed by atoms with Crippen LogP contribution in [0.5, 0.6) is 0 Å². The maximum atomic E-state index is 12.1. The molecule has 1 saturated heterocycles. The largest absolute Gasteiger partial charge is 0.383 e. The van der Waals surface area contributed by atoms with Gasteiger partial charge >= 0.3 is 0 Å². The first-order valence-corrected chi connectivity index (χ1v) is 8.41. The third-order valence-corrected chi connectivity index (χ3v) is 4.71. The third kappa shape index (κ3) is 5.46. The molecule has 6 nitrogen and oxygen atoms in total. The van der Waals surface area contributed by atoms with Crippen LogP contribution < -0.4 is 0 Å². The van der Waals surface area contributed by atoms with Crippen LogP contribution in [0.1, 0.15) is 19.8 Å². The fourth-order valence-electron chi connectivity index (χ4n) is 2.06. The standard InChI is InChI=1S/C12H24N2O4S/c1-11-4-6-13(7-5-11)12(15)10-14(8-9-18-2)19(3,16)17/h11H,4-10H2,1-3H3. The Bertz CT molecular complexity index is 389. The summed E-state index contributed by atoms with van der Waals surface area (Å²) < 4.78 is 29.3. The Morgan fingerprint density at radius 3 is 2.42 bits per heavy atom. The lowest BCUT2D eigenvalue weighted by atomic mass is 9.99. The summed E-state index contributed by atoms with van der Waals surface area (Å²) >= 11 is 0. The predicted molar refractivity (Wildman–Crippen MR) is 73.3 cm³/mol. The molecule has 1 aliphatic heterocycles. The van der Waals surface area contributed by atoms with E-state index in [1.54, 1.807) is 4.90 Å². The molecule has 0 atom stereocenters. The molecule has 1 aliphatic rings. The van der Waals surface area contributed by atoms with Crippen LogP contribution in [-0.4, -0.2) is 69.7 Å². The molecule has 0 N–H and O–H groups in total. The second-order valence-corrected chi connectivity index (χ2v) is 7.14. The molecule has 0 aromatic heterocycles. The monoisotopic (exact) mass is 292 g/mol. The Morgan fingerprint density at radius 2 is 1.95 bits per heavy atom. The van der Waals surface area contributed by atoms with Gasteiger partial charge in [0.15, 0.2) is 0 Å². The Hall–Kier alpha value is -0.660. The van der Waals surface area contributed by atoms with Crippen molar-refractivity contribution in [1.82, 2.24) is 9.21 Å². The highest BCUT2D eigenvalue weighted by Gasteiger charge is 2.25. The summed E-state index contributed by atoms with van der Waals surface area (Å²) in [5, 5.41) is 0. The topological polar surface area (TPSA) is 66.9 Å². The highest BCUT2D eigenvalue weighted by molar-refractivity contribution is 7.88. The number of piperidine rings is 1. The van der Waals surface area contributed by atoms with Crippen LogP contribution in [0, 0.1) is 5.92 Å². The molecule has 0 bridgehead atoms. The van der Waals surface area contributed by atoms with Gasteiger partial charge in [0.25, 0.3) is 0 Å². The number of rotatable bonds is 6. The summed E-state index contributed by atoms with van der Waals surface area (Å²) in [6, 6.07) is 0. The lowest BCUT2D eigenvalue weighted by Crippen LogP contribution is -2.46. The van der Waals surface area contributed by atoms with Gasteiger partial charge in [-0.3, -0.25) is 4.79 Å². The molecular weight excluding hydrogens is 268 g/mol. The van der Waals surface area contributed by atoms with Crippen LogP contribution in [0.4, 0.5) is 0 Å². The van der Waals surface area contributed by atoms with E-state index in [-0.39, 0.29) is 25.6 Å².